The highest BCUT2D eigenvalue weighted by atomic mass is 16.5. The molecule has 0 bridgehead atoms. The summed E-state index contributed by atoms with van der Waals surface area (Å²) in [7, 11) is 0. The predicted octanol–water partition coefficient (Wildman–Crippen LogP) is 4.15. The first-order chi connectivity index (χ1) is 14.8. The lowest BCUT2D eigenvalue weighted by Crippen LogP contribution is -2.34. The van der Waals surface area contributed by atoms with Gasteiger partial charge in [0.05, 0.1) is 16.9 Å². The molecule has 0 fully saturated rings. The van der Waals surface area contributed by atoms with Gasteiger partial charge in [0.2, 0.25) is 5.91 Å². The summed E-state index contributed by atoms with van der Waals surface area (Å²) < 4.78 is 5.52. The van der Waals surface area contributed by atoms with E-state index in [9.17, 15) is 9.59 Å². The molecule has 0 aliphatic carbocycles. The number of ether oxygens (including phenoxy) is 1. The van der Waals surface area contributed by atoms with Crippen LogP contribution in [0.2, 0.25) is 0 Å². The van der Waals surface area contributed by atoms with Gasteiger partial charge in [-0.3, -0.25) is 9.59 Å². The van der Waals surface area contributed by atoms with Crippen LogP contribution < -0.4 is 10.9 Å². The maximum absolute atomic E-state index is 12.5. The molecule has 0 saturated carbocycles. The second-order valence-corrected chi connectivity index (χ2v) is 8.65. The molecule has 31 heavy (non-hydrogen) atoms. The molecule has 3 aromatic rings. The van der Waals surface area contributed by atoms with Crippen LogP contribution in [0.4, 0.5) is 0 Å². The highest BCUT2D eigenvalue weighted by Crippen LogP contribution is 2.22. The SMILES string of the molecule is CC(C)Cc1ccc([C@H](NC(=O)COCc2nc3ccccc3c(=O)[nH]2)C(C)C)cc1. The Hall–Kier alpha value is -2.99. The Morgan fingerprint density at radius 3 is 2.45 bits per heavy atom. The van der Waals surface area contributed by atoms with E-state index in [1.807, 2.05) is 6.07 Å². The number of benzene rings is 2. The van der Waals surface area contributed by atoms with Crippen molar-refractivity contribution in [3.8, 4) is 0 Å². The van der Waals surface area contributed by atoms with Crippen molar-refractivity contribution in [2.24, 2.45) is 11.8 Å². The van der Waals surface area contributed by atoms with Crippen molar-refractivity contribution in [2.45, 2.75) is 46.8 Å². The summed E-state index contributed by atoms with van der Waals surface area (Å²) in [5.74, 6) is 1.04. The van der Waals surface area contributed by atoms with E-state index in [0.717, 1.165) is 12.0 Å². The third-order valence-corrected chi connectivity index (χ3v) is 5.10. The zero-order valence-corrected chi connectivity index (χ0v) is 18.6. The molecule has 1 heterocycles. The van der Waals surface area contributed by atoms with E-state index in [4.69, 9.17) is 4.74 Å². The first kappa shape index (κ1) is 22.7. The summed E-state index contributed by atoms with van der Waals surface area (Å²) in [5.41, 5.74) is 2.77. The van der Waals surface area contributed by atoms with Gasteiger partial charge < -0.3 is 15.0 Å². The van der Waals surface area contributed by atoms with Crippen molar-refractivity contribution in [1.29, 1.82) is 0 Å². The number of aromatic nitrogens is 2. The van der Waals surface area contributed by atoms with E-state index in [1.165, 1.54) is 5.56 Å². The van der Waals surface area contributed by atoms with E-state index >= 15 is 0 Å². The largest absolute Gasteiger partial charge is 0.364 e. The normalized spacial score (nSPS) is 12.5. The standard InChI is InChI=1S/C25H31N3O3/c1-16(2)13-18-9-11-19(12-10-18)24(17(3)4)28-23(29)15-31-14-22-26-21-8-6-5-7-20(21)25(30)27-22/h5-12,16-17,24H,13-15H2,1-4H3,(H,28,29)(H,26,27,30)/t24-/m1/s1. The second-order valence-electron chi connectivity index (χ2n) is 8.65. The molecular weight excluding hydrogens is 390 g/mol. The number of carbonyl (C=O) groups is 1. The Morgan fingerprint density at radius 2 is 1.77 bits per heavy atom. The number of nitrogens with zero attached hydrogens (tertiary/aromatic N) is 1. The maximum atomic E-state index is 12.5. The van der Waals surface area contributed by atoms with Gasteiger partial charge in [-0.2, -0.15) is 0 Å². The van der Waals surface area contributed by atoms with Crippen molar-refractivity contribution >= 4 is 16.8 Å². The minimum atomic E-state index is -0.213. The topological polar surface area (TPSA) is 84.1 Å². The number of amides is 1. The first-order valence-corrected chi connectivity index (χ1v) is 10.8. The van der Waals surface area contributed by atoms with Crippen molar-refractivity contribution in [2.75, 3.05) is 6.61 Å². The Morgan fingerprint density at radius 1 is 1.06 bits per heavy atom. The van der Waals surface area contributed by atoms with Crippen LogP contribution in [0.3, 0.4) is 0 Å². The minimum Gasteiger partial charge on any atom is -0.364 e. The number of carbonyl (C=O) groups excluding carboxylic acids is 1. The van der Waals surface area contributed by atoms with E-state index in [-0.39, 0.29) is 36.6 Å². The molecule has 2 aromatic carbocycles. The number of para-hydroxylation sites is 1. The molecule has 0 radical (unpaired) electrons. The number of aromatic amines is 1. The lowest BCUT2D eigenvalue weighted by molar-refractivity contribution is -0.127. The van der Waals surface area contributed by atoms with Gasteiger partial charge in [-0.25, -0.2) is 4.98 Å². The summed E-state index contributed by atoms with van der Waals surface area (Å²) in [5, 5.41) is 3.59. The number of fused-ring (bicyclic) bond motifs is 1. The molecule has 6 nitrogen and oxygen atoms in total. The fourth-order valence-corrected chi connectivity index (χ4v) is 3.63. The van der Waals surface area contributed by atoms with Crippen LogP contribution in [0, 0.1) is 11.8 Å². The monoisotopic (exact) mass is 421 g/mol. The molecule has 1 atom stereocenters. The Balaban J connectivity index is 1.57. The van der Waals surface area contributed by atoms with Crippen LogP contribution in [0.15, 0.2) is 53.3 Å². The third kappa shape index (κ3) is 6.25. The van der Waals surface area contributed by atoms with Crippen molar-refractivity contribution in [1.82, 2.24) is 15.3 Å². The molecule has 1 amide bonds. The summed E-state index contributed by atoms with van der Waals surface area (Å²) in [4.78, 5) is 31.7. The number of nitrogens with one attached hydrogen (secondary N) is 2. The smallest absolute Gasteiger partial charge is 0.258 e. The maximum Gasteiger partial charge on any atom is 0.258 e. The summed E-state index contributed by atoms with van der Waals surface area (Å²) in [6, 6.07) is 15.5. The third-order valence-electron chi connectivity index (χ3n) is 5.10. The van der Waals surface area contributed by atoms with Gasteiger partial charge in [-0.15, -0.1) is 0 Å². The fraction of sp³-hybridized carbons (Fsp3) is 0.400. The molecular formula is C25H31N3O3. The van der Waals surface area contributed by atoms with E-state index < -0.39 is 0 Å². The quantitative estimate of drug-likeness (QED) is 0.544. The lowest BCUT2D eigenvalue weighted by atomic mass is 9.93. The molecule has 164 valence electrons. The van der Waals surface area contributed by atoms with Gasteiger partial charge in [-0.05, 0) is 41.5 Å². The van der Waals surface area contributed by atoms with Crippen LogP contribution in [-0.4, -0.2) is 22.5 Å². The second kappa shape index (κ2) is 10.4. The summed E-state index contributed by atoms with van der Waals surface area (Å²) in [6.45, 7) is 8.52. The highest BCUT2D eigenvalue weighted by molar-refractivity contribution is 5.78. The van der Waals surface area contributed by atoms with Gasteiger partial charge >= 0.3 is 0 Å². The zero-order chi connectivity index (χ0) is 22.4. The first-order valence-electron chi connectivity index (χ1n) is 10.8. The van der Waals surface area contributed by atoms with Crippen LogP contribution in [0.25, 0.3) is 10.9 Å². The predicted molar refractivity (Wildman–Crippen MR) is 123 cm³/mol. The van der Waals surface area contributed by atoms with Crippen LogP contribution in [0.1, 0.15) is 50.7 Å². The number of hydrogen-bond acceptors (Lipinski definition) is 4. The molecule has 1 aromatic heterocycles. The Kier molecular flexibility index (Phi) is 7.58. The average molecular weight is 422 g/mol. The van der Waals surface area contributed by atoms with Crippen LogP contribution in [0.5, 0.6) is 0 Å². The molecule has 0 aliphatic rings. The molecule has 6 heteroatoms. The van der Waals surface area contributed by atoms with E-state index in [2.05, 4.69) is 67.2 Å². The number of rotatable bonds is 9. The van der Waals surface area contributed by atoms with Gasteiger partial charge in [0.25, 0.3) is 5.56 Å². The number of hydrogen-bond donors (Lipinski definition) is 2. The molecule has 0 spiro atoms. The van der Waals surface area contributed by atoms with E-state index in [0.29, 0.717) is 22.6 Å². The van der Waals surface area contributed by atoms with E-state index in [1.54, 1.807) is 18.2 Å². The molecule has 2 N–H and O–H groups in total. The minimum absolute atomic E-state index is 0.0593. The van der Waals surface area contributed by atoms with Gasteiger partial charge in [-0.1, -0.05) is 64.1 Å². The van der Waals surface area contributed by atoms with Crippen LogP contribution in [-0.2, 0) is 22.6 Å². The Labute approximate surface area is 183 Å². The molecule has 0 saturated heterocycles. The van der Waals surface area contributed by atoms with Gasteiger partial charge in [0.1, 0.15) is 19.0 Å². The summed E-state index contributed by atoms with van der Waals surface area (Å²) in [6.07, 6.45) is 1.04. The van der Waals surface area contributed by atoms with Crippen LogP contribution >= 0.6 is 0 Å². The summed E-state index contributed by atoms with van der Waals surface area (Å²) >= 11 is 0. The van der Waals surface area contributed by atoms with Crippen molar-refractivity contribution in [3.05, 3.63) is 75.8 Å². The van der Waals surface area contributed by atoms with Crippen molar-refractivity contribution < 1.29 is 9.53 Å². The molecule has 3 rings (SSSR count). The molecule has 0 aliphatic heterocycles. The zero-order valence-electron chi connectivity index (χ0n) is 18.6. The highest BCUT2D eigenvalue weighted by Gasteiger charge is 2.18. The number of H-pyrrole nitrogens is 1. The average Bonchev–Trinajstić information content (AvgIpc) is 2.72. The lowest BCUT2D eigenvalue weighted by Gasteiger charge is -2.23. The van der Waals surface area contributed by atoms with Crippen molar-refractivity contribution in [3.63, 3.8) is 0 Å². The Bertz CT molecular complexity index is 1070. The molecule has 0 unspecified atom stereocenters. The van der Waals surface area contributed by atoms with Gasteiger partial charge in [0.15, 0.2) is 0 Å². The van der Waals surface area contributed by atoms with Gasteiger partial charge in [0, 0.05) is 0 Å². The fourth-order valence-electron chi connectivity index (χ4n) is 3.63.